The molecule has 0 spiro atoms. The number of carbonyl (C=O) groups is 1. The molecule has 4 heteroatoms. The SMILES string of the molecule is CSCC(C)(O)CNC(=O)CC(C)CC(C)(C)C. The first-order chi connectivity index (χ1) is 8.06. The smallest absolute Gasteiger partial charge is 0.220 e. The Morgan fingerprint density at radius 2 is 1.89 bits per heavy atom. The van der Waals surface area contributed by atoms with E-state index in [1.54, 1.807) is 18.7 Å². The van der Waals surface area contributed by atoms with Crippen molar-refractivity contribution in [3.05, 3.63) is 0 Å². The van der Waals surface area contributed by atoms with Gasteiger partial charge < -0.3 is 10.4 Å². The summed E-state index contributed by atoms with van der Waals surface area (Å²) in [7, 11) is 0. The lowest BCUT2D eigenvalue weighted by Crippen LogP contribution is -2.42. The van der Waals surface area contributed by atoms with Crippen molar-refractivity contribution in [3.8, 4) is 0 Å². The van der Waals surface area contributed by atoms with Crippen molar-refractivity contribution in [2.45, 2.75) is 53.1 Å². The van der Waals surface area contributed by atoms with Crippen LogP contribution in [0.15, 0.2) is 0 Å². The lowest BCUT2D eigenvalue weighted by Gasteiger charge is -2.25. The van der Waals surface area contributed by atoms with Gasteiger partial charge in [0.25, 0.3) is 0 Å². The molecule has 0 aliphatic rings. The van der Waals surface area contributed by atoms with Gasteiger partial charge in [-0.2, -0.15) is 11.8 Å². The summed E-state index contributed by atoms with van der Waals surface area (Å²) >= 11 is 1.58. The second kappa shape index (κ2) is 7.39. The fourth-order valence-corrected chi connectivity index (χ4v) is 2.88. The lowest BCUT2D eigenvalue weighted by atomic mass is 9.84. The third-order valence-corrected chi connectivity index (χ3v) is 3.53. The molecule has 18 heavy (non-hydrogen) atoms. The van der Waals surface area contributed by atoms with Gasteiger partial charge in [0.05, 0.1) is 5.60 Å². The van der Waals surface area contributed by atoms with Gasteiger partial charge in [-0.05, 0) is 30.9 Å². The van der Waals surface area contributed by atoms with Crippen LogP contribution in [-0.4, -0.2) is 35.2 Å². The largest absolute Gasteiger partial charge is 0.387 e. The van der Waals surface area contributed by atoms with Crippen LogP contribution in [0.3, 0.4) is 0 Å². The van der Waals surface area contributed by atoms with E-state index in [2.05, 4.69) is 33.0 Å². The second-order valence-corrected chi connectivity index (χ2v) is 7.65. The highest BCUT2D eigenvalue weighted by Gasteiger charge is 2.22. The van der Waals surface area contributed by atoms with Gasteiger partial charge >= 0.3 is 0 Å². The molecule has 0 saturated carbocycles. The number of nitrogens with one attached hydrogen (secondary N) is 1. The highest BCUT2D eigenvalue weighted by atomic mass is 32.2. The Morgan fingerprint density at radius 1 is 1.33 bits per heavy atom. The Labute approximate surface area is 116 Å². The van der Waals surface area contributed by atoms with E-state index in [0.29, 0.717) is 24.6 Å². The molecule has 0 saturated heterocycles. The molecular weight excluding hydrogens is 246 g/mol. The molecule has 0 aliphatic carbocycles. The summed E-state index contributed by atoms with van der Waals surface area (Å²) in [6, 6.07) is 0. The van der Waals surface area contributed by atoms with Crippen molar-refractivity contribution in [1.82, 2.24) is 5.32 Å². The molecule has 0 aromatic rings. The molecule has 1 amide bonds. The number of amides is 1. The van der Waals surface area contributed by atoms with E-state index in [0.717, 1.165) is 6.42 Å². The number of hydrogen-bond donors (Lipinski definition) is 2. The van der Waals surface area contributed by atoms with E-state index in [9.17, 15) is 9.90 Å². The first-order valence-electron chi connectivity index (χ1n) is 6.54. The second-order valence-electron chi connectivity index (χ2n) is 6.78. The first kappa shape index (κ1) is 17.8. The maximum atomic E-state index is 11.8. The Balaban J connectivity index is 3.98. The van der Waals surface area contributed by atoms with Gasteiger partial charge in [0.1, 0.15) is 0 Å². The molecule has 0 rings (SSSR count). The maximum Gasteiger partial charge on any atom is 0.220 e. The average Bonchev–Trinajstić information content (AvgIpc) is 2.11. The van der Waals surface area contributed by atoms with E-state index in [-0.39, 0.29) is 11.3 Å². The molecular formula is C14H29NO2S. The van der Waals surface area contributed by atoms with Crippen molar-refractivity contribution in [2.24, 2.45) is 11.3 Å². The van der Waals surface area contributed by atoms with Crippen LogP contribution in [-0.2, 0) is 4.79 Å². The van der Waals surface area contributed by atoms with Crippen LogP contribution in [0.1, 0.15) is 47.5 Å². The quantitative estimate of drug-likeness (QED) is 0.751. The Morgan fingerprint density at radius 3 is 2.33 bits per heavy atom. The van der Waals surface area contributed by atoms with E-state index in [1.807, 2.05) is 6.26 Å². The van der Waals surface area contributed by atoms with Crippen molar-refractivity contribution in [1.29, 1.82) is 0 Å². The van der Waals surface area contributed by atoms with Gasteiger partial charge in [-0.1, -0.05) is 27.7 Å². The number of carbonyl (C=O) groups excluding carboxylic acids is 1. The predicted octanol–water partition coefficient (Wildman–Crippen LogP) is 2.68. The van der Waals surface area contributed by atoms with Crippen LogP contribution in [0.5, 0.6) is 0 Å². The minimum atomic E-state index is -0.817. The normalized spacial score (nSPS) is 17.1. The van der Waals surface area contributed by atoms with Crippen LogP contribution in [0.4, 0.5) is 0 Å². The van der Waals surface area contributed by atoms with Gasteiger partial charge in [0, 0.05) is 18.7 Å². The van der Waals surface area contributed by atoms with E-state index in [1.165, 1.54) is 0 Å². The molecule has 2 N–H and O–H groups in total. The fraction of sp³-hybridized carbons (Fsp3) is 0.929. The standard InChI is InChI=1S/C14H29NO2S/c1-11(8-13(2,3)4)7-12(16)15-9-14(5,17)10-18-6/h11,17H,7-10H2,1-6H3,(H,15,16). The molecule has 0 heterocycles. The molecule has 3 nitrogen and oxygen atoms in total. The third-order valence-electron chi connectivity index (χ3n) is 2.62. The highest BCUT2D eigenvalue weighted by molar-refractivity contribution is 7.98. The van der Waals surface area contributed by atoms with Gasteiger partial charge in [0.15, 0.2) is 0 Å². The summed E-state index contributed by atoms with van der Waals surface area (Å²) < 4.78 is 0. The van der Waals surface area contributed by atoms with Crippen LogP contribution < -0.4 is 5.32 Å². The maximum absolute atomic E-state index is 11.8. The third kappa shape index (κ3) is 9.77. The van der Waals surface area contributed by atoms with Gasteiger partial charge in [-0.3, -0.25) is 4.79 Å². The zero-order valence-electron chi connectivity index (χ0n) is 12.7. The minimum Gasteiger partial charge on any atom is -0.387 e. The Kier molecular flexibility index (Phi) is 7.30. The summed E-state index contributed by atoms with van der Waals surface area (Å²) in [6.45, 7) is 10.7. The van der Waals surface area contributed by atoms with Crippen molar-refractivity contribution in [2.75, 3.05) is 18.6 Å². The van der Waals surface area contributed by atoms with Crippen LogP contribution in [0, 0.1) is 11.3 Å². The summed E-state index contributed by atoms with van der Waals surface area (Å²) in [5.74, 6) is 1.04. The zero-order chi connectivity index (χ0) is 14.4. The lowest BCUT2D eigenvalue weighted by molar-refractivity contribution is -0.123. The number of rotatable bonds is 7. The molecule has 2 atom stereocenters. The number of aliphatic hydroxyl groups is 1. The summed E-state index contributed by atoms with van der Waals surface area (Å²) in [5, 5.41) is 12.8. The minimum absolute atomic E-state index is 0.0353. The monoisotopic (exact) mass is 275 g/mol. The summed E-state index contributed by atoms with van der Waals surface area (Å²) in [4.78, 5) is 11.8. The number of thioether (sulfide) groups is 1. The van der Waals surface area contributed by atoms with Crippen LogP contribution in [0.2, 0.25) is 0 Å². The first-order valence-corrected chi connectivity index (χ1v) is 7.93. The molecule has 0 aromatic heterocycles. The molecule has 0 aliphatic heterocycles. The van der Waals surface area contributed by atoms with E-state index in [4.69, 9.17) is 0 Å². The molecule has 0 aromatic carbocycles. The Bertz CT molecular complexity index is 259. The van der Waals surface area contributed by atoms with Crippen molar-refractivity contribution < 1.29 is 9.90 Å². The Hall–Kier alpha value is -0.220. The van der Waals surface area contributed by atoms with Gasteiger partial charge in [-0.25, -0.2) is 0 Å². The van der Waals surface area contributed by atoms with Crippen molar-refractivity contribution in [3.63, 3.8) is 0 Å². The fourth-order valence-electron chi connectivity index (χ4n) is 2.16. The predicted molar refractivity (Wildman–Crippen MR) is 79.9 cm³/mol. The van der Waals surface area contributed by atoms with Crippen LogP contribution >= 0.6 is 11.8 Å². The number of hydrogen-bond acceptors (Lipinski definition) is 3. The summed E-state index contributed by atoms with van der Waals surface area (Å²) in [5.41, 5.74) is -0.563. The zero-order valence-corrected chi connectivity index (χ0v) is 13.5. The molecule has 2 unspecified atom stereocenters. The van der Waals surface area contributed by atoms with E-state index < -0.39 is 5.60 Å². The highest BCUT2D eigenvalue weighted by Crippen LogP contribution is 2.25. The van der Waals surface area contributed by atoms with Crippen molar-refractivity contribution >= 4 is 17.7 Å². The molecule has 0 radical (unpaired) electrons. The topological polar surface area (TPSA) is 49.3 Å². The van der Waals surface area contributed by atoms with Gasteiger partial charge in [0.2, 0.25) is 5.91 Å². The molecule has 108 valence electrons. The summed E-state index contributed by atoms with van der Waals surface area (Å²) in [6.07, 6.45) is 3.51. The van der Waals surface area contributed by atoms with E-state index >= 15 is 0 Å². The molecule has 0 bridgehead atoms. The van der Waals surface area contributed by atoms with Gasteiger partial charge in [-0.15, -0.1) is 0 Å². The molecule has 0 fully saturated rings. The average molecular weight is 275 g/mol. The van der Waals surface area contributed by atoms with Crippen LogP contribution in [0.25, 0.3) is 0 Å².